The normalized spacial score (nSPS) is 20.1. The summed E-state index contributed by atoms with van der Waals surface area (Å²) >= 11 is 0. The van der Waals surface area contributed by atoms with Gasteiger partial charge in [0.1, 0.15) is 0 Å². The molecule has 0 bridgehead atoms. The van der Waals surface area contributed by atoms with E-state index in [-0.39, 0.29) is 11.7 Å². The van der Waals surface area contributed by atoms with E-state index >= 15 is 0 Å². The minimum absolute atomic E-state index is 0.0704. The lowest BCUT2D eigenvalue weighted by molar-refractivity contribution is 0.0696. The number of hydrogen-bond donors (Lipinski definition) is 3. The number of carboxylic acids is 1. The molecule has 86 valence electrons. The van der Waals surface area contributed by atoms with Crippen molar-refractivity contribution in [2.24, 2.45) is 0 Å². The van der Waals surface area contributed by atoms with Gasteiger partial charge in [0.2, 0.25) is 0 Å². The Morgan fingerprint density at radius 2 is 2.38 bits per heavy atom. The lowest BCUT2D eigenvalue weighted by atomic mass is 10.2. The molecular formula is C10H13N3O3. The van der Waals surface area contributed by atoms with Gasteiger partial charge in [0.05, 0.1) is 17.4 Å². The van der Waals surface area contributed by atoms with E-state index in [1.54, 1.807) is 0 Å². The van der Waals surface area contributed by atoms with E-state index in [1.807, 2.05) is 4.90 Å². The van der Waals surface area contributed by atoms with Crippen molar-refractivity contribution >= 4 is 17.5 Å². The molecule has 2 heterocycles. The topological polar surface area (TPSA) is 99.7 Å². The summed E-state index contributed by atoms with van der Waals surface area (Å²) in [7, 11) is 0. The predicted octanol–water partition coefficient (Wildman–Crippen LogP) is -0.0670. The van der Waals surface area contributed by atoms with Crippen molar-refractivity contribution in [2.45, 2.75) is 12.5 Å². The number of aromatic carboxylic acids is 1. The van der Waals surface area contributed by atoms with Crippen LogP contribution in [-0.4, -0.2) is 40.4 Å². The second-order valence-corrected chi connectivity index (χ2v) is 3.83. The summed E-state index contributed by atoms with van der Waals surface area (Å²) in [5.41, 5.74) is 6.13. The van der Waals surface area contributed by atoms with Crippen molar-refractivity contribution in [1.82, 2.24) is 4.98 Å². The first-order valence-corrected chi connectivity index (χ1v) is 4.99. The zero-order valence-corrected chi connectivity index (χ0v) is 8.63. The van der Waals surface area contributed by atoms with Crippen LogP contribution >= 0.6 is 0 Å². The minimum Gasteiger partial charge on any atom is -0.478 e. The number of pyridine rings is 1. The largest absolute Gasteiger partial charge is 0.478 e. The van der Waals surface area contributed by atoms with Gasteiger partial charge >= 0.3 is 5.97 Å². The number of nitrogen functional groups attached to an aromatic ring is 1. The molecule has 6 nitrogen and oxygen atoms in total. The van der Waals surface area contributed by atoms with E-state index in [4.69, 9.17) is 10.8 Å². The summed E-state index contributed by atoms with van der Waals surface area (Å²) in [5.74, 6) is -0.506. The fourth-order valence-electron chi connectivity index (χ4n) is 1.79. The molecule has 1 aromatic heterocycles. The molecule has 1 aliphatic heterocycles. The molecule has 0 spiro atoms. The maximum Gasteiger partial charge on any atom is 0.337 e. The van der Waals surface area contributed by atoms with Gasteiger partial charge in [-0.25, -0.2) is 9.78 Å². The van der Waals surface area contributed by atoms with Gasteiger partial charge in [0, 0.05) is 19.3 Å². The molecule has 2 rings (SSSR count). The number of anilines is 2. The number of nitrogens with zero attached hydrogens (tertiary/aromatic N) is 2. The van der Waals surface area contributed by atoms with Gasteiger partial charge in [-0.1, -0.05) is 0 Å². The summed E-state index contributed by atoms with van der Waals surface area (Å²) in [6, 6.07) is 1.38. The van der Waals surface area contributed by atoms with Crippen molar-refractivity contribution in [3.8, 4) is 0 Å². The summed E-state index contributed by atoms with van der Waals surface area (Å²) in [4.78, 5) is 16.6. The Labute approximate surface area is 92.3 Å². The zero-order valence-electron chi connectivity index (χ0n) is 8.63. The molecule has 1 unspecified atom stereocenters. The van der Waals surface area contributed by atoms with Gasteiger partial charge in [-0.05, 0) is 12.5 Å². The third-order valence-electron chi connectivity index (χ3n) is 2.60. The highest BCUT2D eigenvalue weighted by Crippen LogP contribution is 2.24. The molecule has 1 saturated heterocycles. The number of β-amino-alcohol motifs (C(OH)–C–C–N with tert-alkyl or cyclic N) is 1. The van der Waals surface area contributed by atoms with Gasteiger partial charge in [-0.2, -0.15) is 0 Å². The Balaban J connectivity index is 2.26. The van der Waals surface area contributed by atoms with Gasteiger partial charge in [-0.15, -0.1) is 0 Å². The van der Waals surface area contributed by atoms with E-state index in [0.717, 1.165) is 0 Å². The quantitative estimate of drug-likeness (QED) is 0.649. The molecule has 0 saturated carbocycles. The fourth-order valence-corrected chi connectivity index (χ4v) is 1.79. The van der Waals surface area contributed by atoms with E-state index in [1.165, 1.54) is 12.3 Å². The molecule has 1 fully saturated rings. The standard InChI is InChI=1S/C10H13N3O3/c11-8-3-6(10(15)16)4-12-9(8)13-2-1-7(14)5-13/h3-4,7,14H,1-2,5,11H2,(H,15,16). The number of rotatable bonds is 2. The molecule has 0 aliphatic carbocycles. The third kappa shape index (κ3) is 1.92. The van der Waals surface area contributed by atoms with Crippen LogP contribution in [0.2, 0.25) is 0 Å². The number of aliphatic hydroxyl groups is 1. The molecule has 4 N–H and O–H groups in total. The first-order valence-electron chi connectivity index (χ1n) is 4.99. The second-order valence-electron chi connectivity index (χ2n) is 3.83. The molecular weight excluding hydrogens is 210 g/mol. The number of aromatic nitrogens is 1. The van der Waals surface area contributed by atoms with Crippen LogP contribution in [-0.2, 0) is 0 Å². The highest BCUT2D eigenvalue weighted by molar-refractivity contribution is 5.89. The van der Waals surface area contributed by atoms with Crippen LogP contribution in [0.5, 0.6) is 0 Å². The van der Waals surface area contributed by atoms with Crippen LogP contribution in [0.15, 0.2) is 12.3 Å². The highest BCUT2D eigenvalue weighted by Gasteiger charge is 2.23. The Morgan fingerprint density at radius 1 is 1.62 bits per heavy atom. The Morgan fingerprint density at radius 3 is 2.88 bits per heavy atom. The third-order valence-corrected chi connectivity index (χ3v) is 2.60. The van der Waals surface area contributed by atoms with Gasteiger partial charge in [0.25, 0.3) is 0 Å². The van der Waals surface area contributed by atoms with Crippen LogP contribution in [0, 0.1) is 0 Å². The molecule has 0 aromatic carbocycles. The molecule has 0 amide bonds. The van der Waals surface area contributed by atoms with Crippen LogP contribution in [0.4, 0.5) is 11.5 Å². The summed E-state index contributed by atoms with van der Waals surface area (Å²) < 4.78 is 0. The average molecular weight is 223 g/mol. The fraction of sp³-hybridized carbons (Fsp3) is 0.400. The molecule has 1 atom stereocenters. The molecule has 1 aromatic rings. The maximum absolute atomic E-state index is 10.7. The monoisotopic (exact) mass is 223 g/mol. The maximum atomic E-state index is 10.7. The van der Waals surface area contributed by atoms with Crippen molar-refractivity contribution in [2.75, 3.05) is 23.7 Å². The Kier molecular flexibility index (Phi) is 2.66. The Hall–Kier alpha value is -1.82. The first-order chi connectivity index (χ1) is 7.58. The van der Waals surface area contributed by atoms with Crippen molar-refractivity contribution < 1.29 is 15.0 Å². The molecule has 0 radical (unpaired) electrons. The second kappa shape index (κ2) is 3.97. The van der Waals surface area contributed by atoms with E-state index in [9.17, 15) is 9.90 Å². The van der Waals surface area contributed by atoms with E-state index in [2.05, 4.69) is 4.98 Å². The van der Waals surface area contributed by atoms with Crippen molar-refractivity contribution in [3.05, 3.63) is 17.8 Å². The number of aliphatic hydroxyl groups excluding tert-OH is 1. The van der Waals surface area contributed by atoms with Gasteiger partial charge < -0.3 is 20.8 Å². The summed E-state index contributed by atoms with van der Waals surface area (Å²) in [6.45, 7) is 1.18. The zero-order chi connectivity index (χ0) is 11.7. The predicted molar refractivity (Wildman–Crippen MR) is 58.4 cm³/mol. The average Bonchev–Trinajstić information content (AvgIpc) is 2.64. The van der Waals surface area contributed by atoms with Gasteiger partial charge in [0.15, 0.2) is 5.82 Å². The number of carboxylic acid groups (broad SMARTS) is 1. The summed E-state index contributed by atoms with van der Waals surface area (Å²) in [5, 5.41) is 18.1. The van der Waals surface area contributed by atoms with Crippen LogP contribution in [0.1, 0.15) is 16.8 Å². The number of carbonyl (C=O) groups is 1. The lowest BCUT2D eigenvalue weighted by Gasteiger charge is -2.18. The van der Waals surface area contributed by atoms with Crippen molar-refractivity contribution in [3.63, 3.8) is 0 Å². The number of nitrogens with two attached hydrogens (primary N) is 1. The van der Waals surface area contributed by atoms with Crippen LogP contribution < -0.4 is 10.6 Å². The van der Waals surface area contributed by atoms with Crippen LogP contribution in [0.3, 0.4) is 0 Å². The van der Waals surface area contributed by atoms with E-state index < -0.39 is 5.97 Å². The van der Waals surface area contributed by atoms with Crippen LogP contribution in [0.25, 0.3) is 0 Å². The molecule has 6 heteroatoms. The molecule has 16 heavy (non-hydrogen) atoms. The minimum atomic E-state index is -1.05. The van der Waals surface area contributed by atoms with Gasteiger partial charge in [-0.3, -0.25) is 0 Å². The van der Waals surface area contributed by atoms with Crippen molar-refractivity contribution in [1.29, 1.82) is 0 Å². The summed E-state index contributed by atoms with van der Waals surface area (Å²) in [6.07, 6.45) is 1.60. The SMILES string of the molecule is Nc1cc(C(=O)O)cnc1N1CCC(O)C1. The van der Waals surface area contributed by atoms with E-state index in [0.29, 0.717) is 31.0 Å². The lowest BCUT2D eigenvalue weighted by Crippen LogP contribution is -2.23. The molecule has 1 aliphatic rings. The number of hydrogen-bond acceptors (Lipinski definition) is 5. The smallest absolute Gasteiger partial charge is 0.337 e. The Bertz CT molecular complexity index is 422. The first kappa shape index (κ1) is 10.7. The highest BCUT2D eigenvalue weighted by atomic mass is 16.4.